The van der Waals surface area contributed by atoms with Crippen LogP contribution in [0.15, 0.2) is 12.1 Å². The van der Waals surface area contributed by atoms with Crippen molar-refractivity contribution in [3.05, 3.63) is 37.9 Å². The van der Waals surface area contributed by atoms with Gasteiger partial charge in [0.25, 0.3) is 11.4 Å². The van der Waals surface area contributed by atoms with Gasteiger partial charge in [0, 0.05) is 12.5 Å². The molecule has 3 N–H and O–H groups in total. The first-order valence-corrected chi connectivity index (χ1v) is 4.72. The lowest BCUT2D eigenvalue weighted by molar-refractivity contribution is -0.393. The molecule has 8 heteroatoms. The van der Waals surface area contributed by atoms with Crippen LogP contribution in [0.25, 0.3) is 0 Å². The van der Waals surface area contributed by atoms with Crippen LogP contribution in [-0.2, 0) is 6.42 Å². The summed E-state index contributed by atoms with van der Waals surface area (Å²) in [6.45, 7) is 1.46. The summed E-state index contributed by atoms with van der Waals surface area (Å²) >= 11 is 0. The van der Waals surface area contributed by atoms with Gasteiger partial charge in [-0.25, -0.2) is 0 Å². The first-order chi connectivity index (χ1) is 7.82. The van der Waals surface area contributed by atoms with Gasteiger partial charge in [-0.15, -0.1) is 0 Å². The lowest BCUT2D eigenvalue weighted by Crippen LogP contribution is -2.09. The summed E-state index contributed by atoms with van der Waals surface area (Å²) < 4.78 is 0. The molecule has 0 aliphatic rings. The monoisotopic (exact) mass is 241 g/mol. The highest BCUT2D eigenvalue weighted by Gasteiger charge is 2.22. The van der Waals surface area contributed by atoms with Gasteiger partial charge < -0.3 is 10.8 Å². The number of aliphatic hydroxyl groups is 1. The van der Waals surface area contributed by atoms with Crippen molar-refractivity contribution in [2.24, 2.45) is 0 Å². The molecule has 1 aromatic rings. The quantitative estimate of drug-likeness (QED) is 0.459. The predicted molar refractivity (Wildman–Crippen MR) is 59.5 cm³/mol. The van der Waals surface area contributed by atoms with Gasteiger partial charge in [-0.2, -0.15) is 0 Å². The van der Waals surface area contributed by atoms with E-state index in [4.69, 9.17) is 5.73 Å². The Balaban J connectivity index is 3.37. The van der Waals surface area contributed by atoms with Crippen molar-refractivity contribution in [2.75, 3.05) is 5.73 Å². The van der Waals surface area contributed by atoms with Gasteiger partial charge >= 0.3 is 0 Å². The van der Waals surface area contributed by atoms with Gasteiger partial charge in [-0.3, -0.25) is 20.2 Å². The van der Waals surface area contributed by atoms with Gasteiger partial charge in [0.05, 0.1) is 22.0 Å². The molecule has 8 nitrogen and oxygen atoms in total. The van der Waals surface area contributed by atoms with E-state index in [-0.39, 0.29) is 17.7 Å². The molecule has 92 valence electrons. The molecule has 1 aromatic carbocycles. The minimum Gasteiger partial charge on any atom is -0.393 e. The highest BCUT2D eigenvalue weighted by atomic mass is 16.6. The van der Waals surface area contributed by atoms with E-state index in [2.05, 4.69) is 0 Å². The Morgan fingerprint density at radius 1 is 1.35 bits per heavy atom. The van der Waals surface area contributed by atoms with Crippen LogP contribution >= 0.6 is 0 Å². The summed E-state index contributed by atoms with van der Waals surface area (Å²) in [5.74, 6) is 0. The van der Waals surface area contributed by atoms with E-state index in [1.165, 1.54) is 6.92 Å². The van der Waals surface area contributed by atoms with Crippen LogP contribution < -0.4 is 5.73 Å². The fourth-order valence-electron chi connectivity index (χ4n) is 1.42. The maximum absolute atomic E-state index is 10.7. The van der Waals surface area contributed by atoms with E-state index in [1.54, 1.807) is 0 Å². The number of nitrogen functional groups attached to an aromatic ring is 1. The molecular weight excluding hydrogens is 230 g/mol. The van der Waals surface area contributed by atoms with E-state index < -0.39 is 27.3 Å². The Labute approximate surface area is 96.0 Å². The molecule has 0 amide bonds. The van der Waals surface area contributed by atoms with Crippen molar-refractivity contribution in [1.82, 2.24) is 0 Å². The molecule has 0 saturated carbocycles. The Kier molecular flexibility index (Phi) is 3.59. The van der Waals surface area contributed by atoms with Crippen molar-refractivity contribution in [3.63, 3.8) is 0 Å². The molecule has 0 heterocycles. The molecule has 0 bridgehead atoms. The van der Waals surface area contributed by atoms with E-state index in [0.29, 0.717) is 0 Å². The molecule has 1 unspecified atom stereocenters. The zero-order valence-electron chi connectivity index (χ0n) is 8.99. The number of hydrogen-bond donors (Lipinski definition) is 2. The van der Waals surface area contributed by atoms with Crippen LogP contribution in [0.3, 0.4) is 0 Å². The molecule has 0 fully saturated rings. The Bertz CT molecular complexity index is 472. The van der Waals surface area contributed by atoms with Crippen molar-refractivity contribution in [1.29, 1.82) is 0 Å². The number of nitro groups is 2. The van der Waals surface area contributed by atoms with Crippen LogP contribution in [0.2, 0.25) is 0 Å². The van der Waals surface area contributed by atoms with Crippen LogP contribution in [0.4, 0.5) is 17.1 Å². The van der Waals surface area contributed by atoms with Gasteiger partial charge in [-0.1, -0.05) is 0 Å². The van der Waals surface area contributed by atoms with Gasteiger partial charge in [0.2, 0.25) is 0 Å². The summed E-state index contributed by atoms with van der Waals surface area (Å²) in [7, 11) is 0. The molecule has 0 aliphatic heterocycles. The molecule has 17 heavy (non-hydrogen) atoms. The van der Waals surface area contributed by atoms with Crippen molar-refractivity contribution >= 4 is 17.1 Å². The van der Waals surface area contributed by atoms with E-state index >= 15 is 0 Å². The second-order valence-corrected chi connectivity index (χ2v) is 3.61. The summed E-state index contributed by atoms with van der Waals surface area (Å²) in [6, 6.07) is 1.94. The fourth-order valence-corrected chi connectivity index (χ4v) is 1.42. The topological polar surface area (TPSA) is 133 Å². The van der Waals surface area contributed by atoms with Gasteiger partial charge in [0.1, 0.15) is 5.69 Å². The van der Waals surface area contributed by atoms with Gasteiger partial charge in [-0.05, 0) is 12.5 Å². The number of nitrogens with zero attached hydrogens (tertiary/aromatic N) is 2. The maximum Gasteiger partial charge on any atom is 0.299 e. The van der Waals surface area contributed by atoms with Crippen LogP contribution in [0, 0.1) is 20.2 Å². The van der Waals surface area contributed by atoms with Crippen LogP contribution in [-0.4, -0.2) is 21.1 Å². The first kappa shape index (κ1) is 12.8. The number of hydrogen-bond acceptors (Lipinski definition) is 6. The zero-order chi connectivity index (χ0) is 13.2. The molecule has 1 rings (SSSR count). The average Bonchev–Trinajstić information content (AvgIpc) is 2.19. The van der Waals surface area contributed by atoms with Crippen molar-refractivity contribution < 1.29 is 15.0 Å². The highest BCUT2D eigenvalue weighted by Crippen LogP contribution is 2.31. The lowest BCUT2D eigenvalue weighted by atomic mass is 10.0. The summed E-state index contributed by atoms with van der Waals surface area (Å²) in [5.41, 5.74) is 4.64. The second kappa shape index (κ2) is 4.74. The molecule has 0 aliphatic carbocycles. The Hall–Kier alpha value is -2.22. The molecule has 0 radical (unpaired) electrons. The van der Waals surface area contributed by atoms with Gasteiger partial charge in [0.15, 0.2) is 0 Å². The molecule has 0 saturated heterocycles. The first-order valence-electron chi connectivity index (χ1n) is 4.72. The number of benzene rings is 1. The lowest BCUT2D eigenvalue weighted by Gasteiger charge is -2.08. The number of nitro benzene ring substituents is 2. The average molecular weight is 241 g/mol. The third-order valence-electron chi connectivity index (χ3n) is 2.15. The van der Waals surface area contributed by atoms with E-state index in [1.807, 2.05) is 0 Å². The summed E-state index contributed by atoms with van der Waals surface area (Å²) in [6.07, 6.45) is -0.771. The minimum absolute atomic E-state index is 0.0222. The second-order valence-electron chi connectivity index (χ2n) is 3.61. The maximum atomic E-state index is 10.7. The smallest absolute Gasteiger partial charge is 0.299 e. The van der Waals surface area contributed by atoms with E-state index in [0.717, 1.165) is 12.1 Å². The molecule has 0 spiro atoms. The largest absolute Gasteiger partial charge is 0.393 e. The number of anilines is 1. The Morgan fingerprint density at radius 2 is 1.94 bits per heavy atom. The molecular formula is C9H11N3O5. The number of non-ortho nitro benzene ring substituents is 1. The Morgan fingerprint density at radius 3 is 2.35 bits per heavy atom. The fraction of sp³-hybridized carbons (Fsp3) is 0.333. The molecule has 0 aromatic heterocycles. The van der Waals surface area contributed by atoms with Crippen LogP contribution in [0.5, 0.6) is 0 Å². The highest BCUT2D eigenvalue weighted by molar-refractivity contribution is 5.67. The summed E-state index contributed by atoms with van der Waals surface area (Å²) in [4.78, 5) is 19.8. The SMILES string of the molecule is CC(O)Cc1cc([N+](=O)[O-])cc([N+](=O)[O-])c1N. The molecule has 1 atom stereocenters. The van der Waals surface area contributed by atoms with Crippen LogP contribution in [0.1, 0.15) is 12.5 Å². The van der Waals surface area contributed by atoms with Crippen molar-refractivity contribution in [2.45, 2.75) is 19.4 Å². The summed E-state index contributed by atoms with van der Waals surface area (Å²) in [5, 5.41) is 30.5. The van der Waals surface area contributed by atoms with E-state index in [9.17, 15) is 25.3 Å². The third kappa shape index (κ3) is 2.88. The normalized spacial score (nSPS) is 12.1. The number of rotatable bonds is 4. The standard InChI is InChI=1S/C9H11N3O5/c1-5(13)2-6-3-7(11(14)15)4-8(9(6)10)12(16)17/h3-5,13H,2,10H2,1H3. The third-order valence-corrected chi connectivity index (χ3v) is 2.15. The zero-order valence-corrected chi connectivity index (χ0v) is 8.99. The predicted octanol–water partition coefficient (Wildman–Crippen LogP) is 1.01. The minimum atomic E-state index is -0.793. The number of aliphatic hydroxyl groups excluding tert-OH is 1. The number of nitrogens with two attached hydrogens (primary N) is 1. The van der Waals surface area contributed by atoms with Crippen molar-refractivity contribution in [3.8, 4) is 0 Å².